The highest BCUT2D eigenvalue weighted by molar-refractivity contribution is 14.1. The number of aromatic hydroxyl groups is 1. The molecule has 1 atom stereocenters. The summed E-state index contributed by atoms with van der Waals surface area (Å²) >= 11 is 9.67. The van der Waals surface area contributed by atoms with Gasteiger partial charge in [-0.1, -0.05) is 65.4 Å². The van der Waals surface area contributed by atoms with Gasteiger partial charge in [0.2, 0.25) is 0 Å². The van der Waals surface area contributed by atoms with Gasteiger partial charge in [0.1, 0.15) is 5.75 Å². The Bertz CT molecular complexity index is 1670. The lowest BCUT2D eigenvalue weighted by Crippen LogP contribution is -2.38. The van der Waals surface area contributed by atoms with Crippen molar-refractivity contribution in [3.05, 3.63) is 123 Å². The van der Waals surface area contributed by atoms with Crippen molar-refractivity contribution in [1.29, 1.82) is 0 Å². The molecule has 0 saturated heterocycles. The lowest BCUT2D eigenvalue weighted by atomic mass is 9.83. The number of aryl methyl sites for hydroxylation is 1. The summed E-state index contributed by atoms with van der Waals surface area (Å²) in [5, 5.41) is 10.5. The zero-order chi connectivity index (χ0) is 23.4. The van der Waals surface area contributed by atoms with Gasteiger partial charge < -0.3 is 5.11 Å². The van der Waals surface area contributed by atoms with Crippen molar-refractivity contribution in [3.8, 4) is 5.75 Å². The van der Waals surface area contributed by atoms with Crippen LogP contribution in [-0.2, 0) is 6.42 Å². The summed E-state index contributed by atoms with van der Waals surface area (Å²) in [5.74, 6) is 0.230. The van der Waals surface area contributed by atoms with Gasteiger partial charge >= 0.3 is 0 Å². The number of nitrogens with zero attached hydrogens (tertiary/aromatic N) is 2. The Kier molecular flexibility index (Phi) is 5.47. The number of hydrogen-bond acceptors (Lipinski definition) is 4. The molecule has 0 fully saturated rings. The van der Waals surface area contributed by atoms with Gasteiger partial charge in [-0.2, -0.15) is 0 Å². The van der Waals surface area contributed by atoms with Gasteiger partial charge in [-0.25, -0.2) is 4.99 Å². The van der Waals surface area contributed by atoms with Crippen LogP contribution in [0.4, 0.5) is 0 Å². The number of aromatic nitrogens is 1. The number of phenols is 1. The molecule has 4 nitrogen and oxygen atoms in total. The lowest BCUT2D eigenvalue weighted by Gasteiger charge is -2.30. The van der Waals surface area contributed by atoms with Crippen molar-refractivity contribution < 1.29 is 5.11 Å². The Morgan fingerprint density at radius 3 is 2.68 bits per heavy atom. The van der Waals surface area contributed by atoms with Crippen LogP contribution < -0.4 is 14.9 Å². The van der Waals surface area contributed by atoms with Crippen LogP contribution in [0.1, 0.15) is 34.7 Å². The maximum atomic E-state index is 13.7. The second-order valence-corrected chi connectivity index (χ2v) is 11.0. The molecule has 3 aromatic carbocycles. The van der Waals surface area contributed by atoms with Crippen molar-refractivity contribution in [2.24, 2.45) is 4.99 Å². The van der Waals surface area contributed by atoms with Crippen molar-refractivity contribution in [1.82, 2.24) is 4.57 Å². The van der Waals surface area contributed by atoms with Crippen molar-refractivity contribution in [2.75, 3.05) is 0 Å². The van der Waals surface area contributed by atoms with Gasteiger partial charge in [-0.3, -0.25) is 9.36 Å². The van der Waals surface area contributed by atoms with E-state index in [0.29, 0.717) is 14.4 Å². The number of hydrogen-bond donors (Lipinski definition) is 1. The quantitative estimate of drug-likeness (QED) is 0.320. The standard InChI is InChI=1S/C27H18ClIN2O2S/c28-18-9-6-17(7-10-18)25-20-11-8-16-3-1-2-4-19(16)24(20)30-27-31(25)26(33)23(34-27)14-15-5-12-22(32)21(29)13-15/h1-7,9-10,12-14,25,32H,8,11H2. The highest BCUT2D eigenvalue weighted by atomic mass is 127. The van der Waals surface area contributed by atoms with Crippen molar-refractivity contribution in [2.45, 2.75) is 18.9 Å². The largest absolute Gasteiger partial charge is 0.507 e. The molecule has 2 aliphatic rings. The summed E-state index contributed by atoms with van der Waals surface area (Å²) < 4.78 is 3.19. The Morgan fingerprint density at radius 1 is 1.09 bits per heavy atom. The number of thiazole rings is 1. The molecular formula is C27H18ClIN2O2S. The summed E-state index contributed by atoms with van der Waals surface area (Å²) in [6, 6.07) is 21.3. The Hall–Kier alpha value is -2.68. The molecule has 0 spiro atoms. The van der Waals surface area contributed by atoms with Crippen LogP contribution in [0.2, 0.25) is 5.02 Å². The molecule has 1 unspecified atom stereocenters. The minimum absolute atomic E-state index is 0.0582. The molecule has 168 valence electrons. The van der Waals surface area contributed by atoms with E-state index in [1.807, 2.05) is 53.1 Å². The molecule has 0 saturated carbocycles. The molecule has 2 heterocycles. The number of phenolic OH excluding ortho intramolecular Hbond substituents is 1. The molecule has 34 heavy (non-hydrogen) atoms. The molecule has 6 rings (SSSR count). The third-order valence-electron chi connectivity index (χ3n) is 6.33. The Balaban J connectivity index is 1.62. The van der Waals surface area contributed by atoms with Gasteiger partial charge in [-0.15, -0.1) is 0 Å². The first kappa shape index (κ1) is 21.8. The number of allylic oxidation sites excluding steroid dienone is 1. The summed E-state index contributed by atoms with van der Waals surface area (Å²) in [4.78, 5) is 19.4. The van der Waals surface area contributed by atoms with E-state index in [9.17, 15) is 9.90 Å². The third kappa shape index (κ3) is 3.65. The molecule has 7 heteroatoms. The molecule has 1 aliphatic heterocycles. The second-order valence-electron chi connectivity index (χ2n) is 8.38. The molecule has 1 aliphatic carbocycles. The molecule has 0 bridgehead atoms. The van der Waals surface area contributed by atoms with E-state index in [-0.39, 0.29) is 17.4 Å². The predicted molar refractivity (Wildman–Crippen MR) is 145 cm³/mol. The van der Waals surface area contributed by atoms with Gasteiger partial charge in [0.25, 0.3) is 5.56 Å². The van der Waals surface area contributed by atoms with Crippen LogP contribution in [0.15, 0.2) is 82.1 Å². The SMILES string of the molecule is O=c1c(=Cc2ccc(O)c(I)c2)sc2n1C(c1ccc(Cl)cc1)C1=C(N=2)c2ccccc2CC1. The number of benzene rings is 3. The van der Waals surface area contributed by atoms with E-state index in [1.54, 1.807) is 6.07 Å². The summed E-state index contributed by atoms with van der Waals surface area (Å²) in [7, 11) is 0. The van der Waals surface area contributed by atoms with Crippen LogP contribution in [0.5, 0.6) is 5.75 Å². The fourth-order valence-corrected chi connectivity index (χ4v) is 6.40. The number of halogens is 2. The molecule has 1 N–H and O–H groups in total. The maximum Gasteiger partial charge on any atom is 0.271 e. The van der Waals surface area contributed by atoms with E-state index in [0.717, 1.165) is 38.8 Å². The van der Waals surface area contributed by atoms with Crippen molar-refractivity contribution >= 4 is 57.3 Å². The van der Waals surface area contributed by atoms with Crippen LogP contribution in [-0.4, -0.2) is 9.67 Å². The molecule has 4 aromatic rings. The number of rotatable bonds is 2. The Morgan fingerprint density at radius 2 is 1.88 bits per heavy atom. The van der Waals surface area contributed by atoms with Gasteiger partial charge in [0.15, 0.2) is 4.80 Å². The lowest BCUT2D eigenvalue weighted by molar-refractivity contribution is 0.471. The smallest absolute Gasteiger partial charge is 0.271 e. The fraction of sp³-hybridized carbons (Fsp3) is 0.111. The summed E-state index contributed by atoms with van der Waals surface area (Å²) in [6.45, 7) is 0. The van der Waals surface area contributed by atoms with E-state index in [1.165, 1.54) is 22.5 Å². The maximum absolute atomic E-state index is 13.7. The van der Waals surface area contributed by atoms with Gasteiger partial charge in [-0.05, 0) is 88.0 Å². The predicted octanol–water partition coefficient (Wildman–Crippen LogP) is 5.28. The summed E-state index contributed by atoms with van der Waals surface area (Å²) in [5.41, 5.74) is 6.42. The van der Waals surface area contributed by atoms with Gasteiger partial charge in [0, 0.05) is 10.6 Å². The van der Waals surface area contributed by atoms with E-state index >= 15 is 0 Å². The monoisotopic (exact) mass is 596 g/mol. The molecule has 0 radical (unpaired) electrons. The third-order valence-corrected chi connectivity index (χ3v) is 8.43. The normalized spacial score (nSPS) is 17.1. The van der Waals surface area contributed by atoms with Crippen LogP contribution in [0.3, 0.4) is 0 Å². The molecular weight excluding hydrogens is 579 g/mol. The topological polar surface area (TPSA) is 54.6 Å². The fourth-order valence-electron chi connectivity index (χ4n) is 4.73. The number of fused-ring (bicyclic) bond motifs is 3. The van der Waals surface area contributed by atoms with Crippen LogP contribution in [0, 0.1) is 3.57 Å². The van der Waals surface area contributed by atoms with E-state index in [4.69, 9.17) is 16.6 Å². The van der Waals surface area contributed by atoms with E-state index in [2.05, 4.69) is 40.8 Å². The highest BCUT2D eigenvalue weighted by Gasteiger charge is 2.32. The van der Waals surface area contributed by atoms with E-state index < -0.39 is 0 Å². The first-order chi connectivity index (χ1) is 16.5. The summed E-state index contributed by atoms with van der Waals surface area (Å²) in [6.07, 6.45) is 3.65. The zero-order valence-electron chi connectivity index (χ0n) is 17.8. The second kappa shape index (κ2) is 8.52. The minimum atomic E-state index is -0.223. The molecule has 0 amide bonds. The average Bonchev–Trinajstić information content (AvgIpc) is 3.15. The molecule has 1 aromatic heterocycles. The minimum Gasteiger partial charge on any atom is -0.507 e. The Labute approximate surface area is 218 Å². The zero-order valence-corrected chi connectivity index (χ0v) is 21.6. The van der Waals surface area contributed by atoms with Gasteiger partial charge in [0.05, 0.1) is 19.8 Å². The van der Waals surface area contributed by atoms with Crippen LogP contribution in [0.25, 0.3) is 11.8 Å². The first-order valence-electron chi connectivity index (χ1n) is 10.9. The highest BCUT2D eigenvalue weighted by Crippen LogP contribution is 2.41. The van der Waals surface area contributed by atoms with Crippen molar-refractivity contribution in [3.63, 3.8) is 0 Å². The van der Waals surface area contributed by atoms with Crippen LogP contribution >= 0.6 is 45.5 Å². The first-order valence-corrected chi connectivity index (χ1v) is 13.1. The average molecular weight is 597 g/mol.